The molecule has 0 radical (unpaired) electrons. The van der Waals surface area contributed by atoms with E-state index in [-0.39, 0.29) is 17.9 Å². The molecule has 27 heavy (non-hydrogen) atoms. The molecule has 1 unspecified atom stereocenters. The summed E-state index contributed by atoms with van der Waals surface area (Å²) in [5.74, 6) is -0.311. The van der Waals surface area contributed by atoms with Gasteiger partial charge in [-0.15, -0.1) is 0 Å². The lowest BCUT2D eigenvalue weighted by Gasteiger charge is -2.20. The number of anilines is 1. The zero-order valence-electron chi connectivity index (χ0n) is 15.4. The van der Waals surface area contributed by atoms with Crippen LogP contribution >= 0.6 is 0 Å². The Hall–Kier alpha value is -3.40. The molecule has 3 aromatic rings. The van der Waals surface area contributed by atoms with E-state index in [0.29, 0.717) is 11.3 Å². The van der Waals surface area contributed by atoms with Crippen LogP contribution in [0.4, 0.5) is 5.69 Å². The smallest absolute Gasteiger partial charge is 0.252 e. The maximum Gasteiger partial charge on any atom is 0.252 e. The second-order valence-corrected chi connectivity index (χ2v) is 6.49. The number of rotatable bonds is 5. The highest BCUT2D eigenvalue weighted by Crippen LogP contribution is 2.23. The Labute approximate surface area is 159 Å². The van der Waals surface area contributed by atoms with Gasteiger partial charge in [0.2, 0.25) is 5.91 Å². The van der Waals surface area contributed by atoms with Crippen LogP contribution in [-0.4, -0.2) is 11.8 Å². The fraction of sp³-hybridized carbons (Fsp3) is 0.130. The summed E-state index contributed by atoms with van der Waals surface area (Å²) >= 11 is 0. The van der Waals surface area contributed by atoms with Gasteiger partial charge in [-0.3, -0.25) is 9.59 Å². The van der Waals surface area contributed by atoms with Gasteiger partial charge >= 0.3 is 0 Å². The third-order valence-corrected chi connectivity index (χ3v) is 4.29. The topological polar surface area (TPSA) is 58.2 Å². The lowest BCUT2D eigenvalue weighted by atomic mass is 9.97. The molecule has 0 aliphatic rings. The number of hydrogen-bond donors (Lipinski definition) is 2. The van der Waals surface area contributed by atoms with E-state index < -0.39 is 0 Å². The molecule has 0 spiro atoms. The molecule has 0 saturated carbocycles. The van der Waals surface area contributed by atoms with Crippen molar-refractivity contribution in [3.05, 3.63) is 101 Å². The molecule has 2 N–H and O–H groups in total. The molecule has 4 nitrogen and oxygen atoms in total. The van der Waals surface area contributed by atoms with E-state index in [4.69, 9.17) is 0 Å². The zero-order valence-corrected chi connectivity index (χ0v) is 15.4. The summed E-state index contributed by atoms with van der Waals surface area (Å²) in [6, 6.07) is 24.7. The number of carbonyl (C=O) groups excluding carboxylic acids is 2. The molecule has 0 bridgehead atoms. The van der Waals surface area contributed by atoms with Gasteiger partial charge in [-0.05, 0) is 42.3 Å². The minimum atomic E-state index is -0.241. The second kappa shape index (κ2) is 8.32. The highest BCUT2D eigenvalue weighted by molar-refractivity contribution is 5.96. The molecule has 0 aromatic heterocycles. The van der Waals surface area contributed by atoms with Crippen molar-refractivity contribution < 1.29 is 9.59 Å². The summed E-state index contributed by atoms with van der Waals surface area (Å²) in [5, 5.41) is 5.82. The van der Waals surface area contributed by atoms with Gasteiger partial charge in [0.25, 0.3) is 5.91 Å². The largest absolute Gasteiger partial charge is 0.341 e. The highest BCUT2D eigenvalue weighted by atomic mass is 16.2. The first kappa shape index (κ1) is 18.4. The van der Waals surface area contributed by atoms with E-state index >= 15 is 0 Å². The molecule has 136 valence electrons. The van der Waals surface area contributed by atoms with Gasteiger partial charge < -0.3 is 10.6 Å². The van der Waals surface area contributed by atoms with E-state index in [9.17, 15) is 9.59 Å². The van der Waals surface area contributed by atoms with Crippen molar-refractivity contribution in [3.63, 3.8) is 0 Å². The maximum atomic E-state index is 12.8. The molecule has 3 aromatic carbocycles. The lowest BCUT2D eigenvalue weighted by Crippen LogP contribution is -2.29. The molecule has 0 saturated heterocycles. The Bertz CT molecular complexity index is 917. The molecule has 0 fully saturated rings. The number of hydrogen-bond acceptors (Lipinski definition) is 2. The molecule has 2 amide bonds. The van der Waals surface area contributed by atoms with Crippen LogP contribution in [0.2, 0.25) is 0 Å². The van der Waals surface area contributed by atoms with Crippen LogP contribution in [0, 0.1) is 6.92 Å². The minimum absolute atomic E-state index is 0.143. The number of nitrogens with one attached hydrogen (secondary N) is 2. The Morgan fingerprint density at radius 3 is 1.96 bits per heavy atom. The standard InChI is InChI=1S/C23H22N2O2/c1-16-8-10-19(11-9-16)22(18-6-4-3-5-7-18)25-23(27)20-12-14-21(15-13-20)24-17(2)26/h3-15,22H,1-2H3,(H,24,26)(H,25,27). The zero-order chi connectivity index (χ0) is 19.2. The van der Waals surface area contributed by atoms with Gasteiger partial charge in [-0.25, -0.2) is 0 Å². The fourth-order valence-electron chi connectivity index (χ4n) is 2.89. The highest BCUT2D eigenvalue weighted by Gasteiger charge is 2.17. The lowest BCUT2D eigenvalue weighted by molar-refractivity contribution is -0.114. The van der Waals surface area contributed by atoms with Crippen molar-refractivity contribution in [2.75, 3.05) is 5.32 Å². The van der Waals surface area contributed by atoms with Crippen molar-refractivity contribution in [1.82, 2.24) is 5.32 Å². The first-order valence-electron chi connectivity index (χ1n) is 8.83. The van der Waals surface area contributed by atoms with E-state index in [0.717, 1.165) is 11.1 Å². The van der Waals surface area contributed by atoms with E-state index in [1.54, 1.807) is 24.3 Å². The molecular formula is C23H22N2O2. The average molecular weight is 358 g/mol. The van der Waals surface area contributed by atoms with Crippen LogP contribution in [0.25, 0.3) is 0 Å². The van der Waals surface area contributed by atoms with Crippen LogP contribution in [0.5, 0.6) is 0 Å². The average Bonchev–Trinajstić information content (AvgIpc) is 2.67. The van der Waals surface area contributed by atoms with Gasteiger partial charge in [0.05, 0.1) is 6.04 Å². The monoisotopic (exact) mass is 358 g/mol. The molecule has 4 heteroatoms. The van der Waals surface area contributed by atoms with Gasteiger partial charge in [-0.1, -0.05) is 60.2 Å². The third-order valence-electron chi connectivity index (χ3n) is 4.29. The Morgan fingerprint density at radius 2 is 1.37 bits per heavy atom. The van der Waals surface area contributed by atoms with Crippen molar-refractivity contribution in [2.45, 2.75) is 19.9 Å². The molecule has 0 heterocycles. The van der Waals surface area contributed by atoms with E-state index in [1.807, 2.05) is 61.5 Å². The van der Waals surface area contributed by atoms with Crippen LogP contribution in [0.3, 0.4) is 0 Å². The van der Waals surface area contributed by atoms with Gasteiger partial charge in [0.1, 0.15) is 0 Å². The van der Waals surface area contributed by atoms with E-state index in [1.165, 1.54) is 12.5 Å². The van der Waals surface area contributed by atoms with Gasteiger partial charge in [0, 0.05) is 18.2 Å². The van der Waals surface area contributed by atoms with Crippen LogP contribution < -0.4 is 10.6 Å². The van der Waals surface area contributed by atoms with Crippen LogP contribution in [0.1, 0.15) is 40.0 Å². The molecule has 0 aliphatic carbocycles. The first-order valence-corrected chi connectivity index (χ1v) is 8.83. The number of aryl methyl sites for hydroxylation is 1. The van der Waals surface area contributed by atoms with Crippen molar-refractivity contribution in [3.8, 4) is 0 Å². The molecule has 0 aliphatic heterocycles. The number of benzene rings is 3. The third kappa shape index (κ3) is 4.82. The van der Waals surface area contributed by atoms with Gasteiger partial charge in [-0.2, -0.15) is 0 Å². The first-order chi connectivity index (χ1) is 13.0. The molecular weight excluding hydrogens is 336 g/mol. The molecule has 3 rings (SSSR count). The van der Waals surface area contributed by atoms with E-state index in [2.05, 4.69) is 10.6 Å². The fourth-order valence-corrected chi connectivity index (χ4v) is 2.89. The normalized spacial score (nSPS) is 11.5. The summed E-state index contributed by atoms with van der Waals surface area (Å²) in [7, 11) is 0. The Balaban J connectivity index is 1.84. The number of amides is 2. The van der Waals surface area contributed by atoms with Crippen LogP contribution in [0.15, 0.2) is 78.9 Å². The summed E-state index contributed by atoms with van der Waals surface area (Å²) in [4.78, 5) is 23.9. The predicted octanol–water partition coefficient (Wildman–Crippen LogP) is 4.47. The summed E-state index contributed by atoms with van der Waals surface area (Å²) in [6.07, 6.45) is 0. The van der Waals surface area contributed by atoms with Crippen molar-refractivity contribution in [2.24, 2.45) is 0 Å². The second-order valence-electron chi connectivity index (χ2n) is 6.49. The molecule has 1 atom stereocenters. The predicted molar refractivity (Wildman–Crippen MR) is 108 cm³/mol. The van der Waals surface area contributed by atoms with Crippen molar-refractivity contribution >= 4 is 17.5 Å². The minimum Gasteiger partial charge on any atom is -0.341 e. The quantitative estimate of drug-likeness (QED) is 0.707. The summed E-state index contributed by atoms with van der Waals surface area (Å²) in [5.41, 5.74) is 4.42. The van der Waals surface area contributed by atoms with Gasteiger partial charge in [0.15, 0.2) is 0 Å². The summed E-state index contributed by atoms with van der Waals surface area (Å²) in [6.45, 7) is 3.49. The maximum absolute atomic E-state index is 12.8. The SMILES string of the molecule is CC(=O)Nc1ccc(C(=O)NC(c2ccccc2)c2ccc(C)cc2)cc1. The number of carbonyl (C=O) groups is 2. The van der Waals surface area contributed by atoms with Crippen LogP contribution in [-0.2, 0) is 4.79 Å². The Kier molecular flexibility index (Phi) is 5.67. The van der Waals surface area contributed by atoms with Crippen molar-refractivity contribution in [1.29, 1.82) is 0 Å². The Morgan fingerprint density at radius 1 is 0.778 bits per heavy atom. The summed E-state index contributed by atoms with van der Waals surface area (Å²) < 4.78 is 0.